The summed E-state index contributed by atoms with van der Waals surface area (Å²) in [5.74, 6) is -0.0202. The molecule has 3 aromatic heterocycles. The minimum Gasteiger partial charge on any atom is -0.383 e. The van der Waals surface area contributed by atoms with E-state index in [1.807, 2.05) is 6.07 Å². The van der Waals surface area contributed by atoms with E-state index in [0.717, 1.165) is 16.5 Å². The van der Waals surface area contributed by atoms with E-state index in [0.29, 0.717) is 35.8 Å². The van der Waals surface area contributed by atoms with Gasteiger partial charge in [-0.25, -0.2) is 14.4 Å². The van der Waals surface area contributed by atoms with E-state index in [1.165, 1.54) is 17.3 Å². The number of rotatable bonds is 5. The van der Waals surface area contributed by atoms with E-state index in [-0.39, 0.29) is 12.2 Å². The molecular formula is C21H19FN6O2. The summed E-state index contributed by atoms with van der Waals surface area (Å²) >= 11 is 0. The number of carbonyl (C=O) groups is 1. The van der Waals surface area contributed by atoms with E-state index in [4.69, 9.17) is 15.7 Å². The molecule has 30 heavy (non-hydrogen) atoms. The van der Waals surface area contributed by atoms with Gasteiger partial charge < -0.3 is 15.4 Å². The Morgan fingerprint density at radius 1 is 1.33 bits per heavy atom. The molecule has 1 atom stereocenters. The van der Waals surface area contributed by atoms with Gasteiger partial charge in [-0.2, -0.15) is 5.26 Å². The highest BCUT2D eigenvalue weighted by Gasteiger charge is 2.25. The zero-order chi connectivity index (χ0) is 21.3. The first kappa shape index (κ1) is 19.7. The molecule has 3 aromatic rings. The number of halogens is 1. The van der Waals surface area contributed by atoms with Crippen LogP contribution in [0.5, 0.6) is 0 Å². The van der Waals surface area contributed by atoms with Gasteiger partial charge in [0.05, 0.1) is 48.8 Å². The zero-order valence-corrected chi connectivity index (χ0v) is 16.3. The molecule has 0 aromatic carbocycles. The summed E-state index contributed by atoms with van der Waals surface area (Å²) in [5, 5.41) is 9.66. The number of nitriles is 1. The zero-order valence-electron chi connectivity index (χ0n) is 16.3. The Balaban J connectivity index is 1.69. The molecule has 0 saturated heterocycles. The Kier molecular flexibility index (Phi) is 5.25. The number of amides is 1. The van der Waals surface area contributed by atoms with Crippen molar-refractivity contribution < 1.29 is 13.9 Å². The van der Waals surface area contributed by atoms with Gasteiger partial charge in [-0.15, -0.1) is 0 Å². The average Bonchev–Trinajstić information content (AvgIpc) is 3.28. The van der Waals surface area contributed by atoms with E-state index in [2.05, 4.69) is 15.0 Å². The second kappa shape index (κ2) is 8.00. The molecule has 0 spiro atoms. The van der Waals surface area contributed by atoms with Crippen LogP contribution in [0.4, 0.5) is 10.2 Å². The normalized spacial score (nSPS) is 13.6. The number of hydrogen-bond acceptors (Lipinski definition) is 7. The van der Waals surface area contributed by atoms with Crippen LogP contribution in [0.2, 0.25) is 0 Å². The van der Waals surface area contributed by atoms with Gasteiger partial charge in [0, 0.05) is 17.1 Å². The number of nitrogen functional groups attached to an aromatic ring is 1. The fraction of sp³-hybridized carbons (Fsp3) is 0.286. The van der Waals surface area contributed by atoms with Crippen molar-refractivity contribution in [3.05, 3.63) is 58.7 Å². The van der Waals surface area contributed by atoms with Crippen LogP contribution in [0, 0.1) is 11.3 Å². The lowest BCUT2D eigenvalue weighted by Crippen LogP contribution is -2.40. The number of nitrogens with zero attached hydrogens (tertiary/aromatic N) is 5. The van der Waals surface area contributed by atoms with Crippen molar-refractivity contribution in [3.63, 3.8) is 0 Å². The number of anilines is 1. The predicted octanol–water partition coefficient (Wildman–Crippen LogP) is 2.51. The molecule has 152 valence electrons. The number of pyridine rings is 3. The van der Waals surface area contributed by atoms with Gasteiger partial charge in [0.25, 0.3) is 5.91 Å². The van der Waals surface area contributed by atoms with Crippen LogP contribution in [-0.2, 0) is 24.5 Å². The monoisotopic (exact) mass is 406 g/mol. The number of ether oxygens (including phenoxy) is 1. The number of nitrogens with two attached hydrogens (primary N) is 1. The van der Waals surface area contributed by atoms with Crippen LogP contribution in [0.1, 0.15) is 39.8 Å². The largest absolute Gasteiger partial charge is 0.383 e. The van der Waals surface area contributed by atoms with Gasteiger partial charge in [-0.05, 0) is 30.7 Å². The Morgan fingerprint density at radius 2 is 2.13 bits per heavy atom. The van der Waals surface area contributed by atoms with Crippen molar-refractivity contribution >= 4 is 22.6 Å². The average molecular weight is 406 g/mol. The van der Waals surface area contributed by atoms with Gasteiger partial charge in [0.2, 0.25) is 0 Å². The molecule has 0 radical (unpaired) electrons. The number of carbonyl (C=O) groups excluding carboxylic acids is 1. The molecule has 1 aliphatic heterocycles. The van der Waals surface area contributed by atoms with Crippen LogP contribution in [0.3, 0.4) is 0 Å². The maximum Gasteiger partial charge on any atom is 0.273 e. The van der Waals surface area contributed by atoms with Gasteiger partial charge in [-0.1, -0.05) is 0 Å². The minimum absolute atomic E-state index is 0.0938. The van der Waals surface area contributed by atoms with E-state index in [1.54, 1.807) is 25.1 Å². The Hall–Kier alpha value is -3.64. The van der Waals surface area contributed by atoms with Crippen molar-refractivity contribution in [1.29, 1.82) is 5.26 Å². The van der Waals surface area contributed by atoms with Crippen molar-refractivity contribution in [1.82, 2.24) is 19.9 Å². The predicted molar refractivity (Wildman–Crippen MR) is 107 cm³/mol. The summed E-state index contributed by atoms with van der Waals surface area (Å²) in [6.45, 7) is 1.77. The first-order valence-corrected chi connectivity index (χ1v) is 9.38. The van der Waals surface area contributed by atoms with Gasteiger partial charge in [0.1, 0.15) is 24.3 Å². The van der Waals surface area contributed by atoms with Crippen LogP contribution in [0.15, 0.2) is 30.6 Å². The summed E-state index contributed by atoms with van der Waals surface area (Å²) in [7, 11) is 0. The standard InChI is InChI=1S/C21H19FN6O2/c1-12(5-22)28(9-14-3-2-13(6-23)7-25-14)21(29)18-4-15-16-10-30-11-17(16)20(24)27-19(15)8-26-18/h2-4,7-8,12H,5,9-11H2,1H3,(H2,24,27)/t12-/m0/s1. The summed E-state index contributed by atoms with van der Waals surface area (Å²) in [6, 6.07) is 6.23. The molecule has 0 aliphatic carbocycles. The van der Waals surface area contributed by atoms with Gasteiger partial charge in [-0.3, -0.25) is 9.78 Å². The smallest absolute Gasteiger partial charge is 0.273 e. The molecule has 0 saturated carbocycles. The molecular weight excluding hydrogens is 387 g/mol. The lowest BCUT2D eigenvalue weighted by molar-refractivity contribution is 0.0640. The lowest BCUT2D eigenvalue weighted by atomic mass is 10.1. The molecule has 9 heteroatoms. The van der Waals surface area contributed by atoms with Crippen LogP contribution in [-0.4, -0.2) is 38.5 Å². The van der Waals surface area contributed by atoms with Gasteiger partial charge >= 0.3 is 0 Å². The van der Waals surface area contributed by atoms with Gasteiger partial charge in [0.15, 0.2) is 0 Å². The Bertz CT molecular complexity index is 1160. The molecule has 1 amide bonds. The maximum absolute atomic E-state index is 13.5. The molecule has 2 N–H and O–H groups in total. The highest BCUT2D eigenvalue weighted by molar-refractivity contribution is 5.97. The summed E-state index contributed by atoms with van der Waals surface area (Å²) in [5.41, 5.74) is 9.42. The minimum atomic E-state index is -0.711. The van der Waals surface area contributed by atoms with Crippen molar-refractivity contribution in [2.24, 2.45) is 0 Å². The number of aromatic nitrogens is 3. The Labute approximate surface area is 172 Å². The second-order valence-corrected chi connectivity index (χ2v) is 7.12. The fourth-order valence-electron chi connectivity index (χ4n) is 3.41. The first-order valence-electron chi connectivity index (χ1n) is 9.38. The summed E-state index contributed by atoms with van der Waals surface area (Å²) in [6.07, 6.45) is 2.92. The molecule has 1 aliphatic rings. The molecule has 8 nitrogen and oxygen atoms in total. The van der Waals surface area contributed by atoms with E-state index >= 15 is 0 Å². The molecule has 4 heterocycles. The van der Waals surface area contributed by atoms with E-state index < -0.39 is 18.6 Å². The SMILES string of the molecule is C[C@@H](CF)N(Cc1ccc(C#N)cn1)C(=O)c1cc2c3c(c(N)nc2cn1)COC3. The molecule has 4 rings (SSSR count). The third-order valence-electron chi connectivity index (χ3n) is 5.14. The number of alkyl halides is 1. The highest BCUT2D eigenvalue weighted by atomic mass is 19.1. The Morgan fingerprint density at radius 3 is 2.83 bits per heavy atom. The highest BCUT2D eigenvalue weighted by Crippen LogP contribution is 2.31. The lowest BCUT2D eigenvalue weighted by Gasteiger charge is -2.27. The topological polar surface area (TPSA) is 118 Å². The van der Waals surface area contributed by atoms with Crippen molar-refractivity contribution in [3.8, 4) is 6.07 Å². The maximum atomic E-state index is 13.5. The summed E-state index contributed by atoms with van der Waals surface area (Å²) < 4.78 is 19.0. The fourth-order valence-corrected chi connectivity index (χ4v) is 3.41. The van der Waals surface area contributed by atoms with Crippen molar-refractivity contribution in [2.45, 2.75) is 32.7 Å². The molecule has 0 bridgehead atoms. The second-order valence-electron chi connectivity index (χ2n) is 7.12. The van der Waals surface area contributed by atoms with E-state index in [9.17, 15) is 9.18 Å². The molecule has 0 fully saturated rings. The van der Waals surface area contributed by atoms with Crippen LogP contribution >= 0.6 is 0 Å². The number of fused-ring (bicyclic) bond motifs is 3. The van der Waals surface area contributed by atoms with Crippen LogP contribution in [0.25, 0.3) is 10.9 Å². The molecule has 0 unspecified atom stereocenters. The first-order chi connectivity index (χ1) is 14.5. The van der Waals surface area contributed by atoms with Crippen molar-refractivity contribution in [2.75, 3.05) is 12.4 Å². The quantitative estimate of drug-likeness (QED) is 0.691. The summed E-state index contributed by atoms with van der Waals surface area (Å²) in [4.78, 5) is 27.4. The third-order valence-corrected chi connectivity index (χ3v) is 5.14. The number of hydrogen-bond donors (Lipinski definition) is 1. The van der Waals surface area contributed by atoms with Crippen LogP contribution < -0.4 is 5.73 Å². The third kappa shape index (κ3) is 3.53.